The topological polar surface area (TPSA) is 94.3 Å². The molecule has 8 nitrogen and oxygen atoms in total. The Morgan fingerprint density at radius 2 is 1.94 bits per heavy atom. The number of aryl methyl sites for hydroxylation is 2. The zero-order valence-electron chi connectivity index (χ0n) is 17.1. The molecule has 0 saturated heterocycles. The minimum absolute atomic E-state index is 0.165. The highest BCUT2D eigenvalue weighted by atomic mass is 35.5. The molecule has 0 aliphatic rings. The maximum Gasteiger partial charge on any atom is 0.253 e. The van der Waals surface area contributed by atoms with Crippen LogP contribution < -0.4 is 10.1 Å². The first-order valence-electron chi connectivity index (χ1n) is 9.39. The number of halogens is 1. The van der Waals surface area contributed by atoms with Crippen LogP contribution in [0.25, 0.3) is 5.78 Å². The number of benzene rings is 1. The van der Waals surface area contributed by atoms with Gasteiger partial charge in [-0.25, -0.2) is 14.5 Å². The monoisotopic (exact) mass is 454 g/mol. The molecule has 1 aromatic carbocycles. The third-order valence-corrected chi connectivity index (χ3v) is 5.40. The van der Waals surface area contributed by atoms with Crippen LogP contribution in [0.3, 0.4) is 0 Å². The molecule has 0 aliphatic carbocycles. The first-order chi connectivity index (χ1) is 14.9. The summed E-state index contributed by atoms with van der Waals surface area (Å²) in [6.07, 6.45) is 3.62. The molecular weight excluding hydrogens is 436 g/mol. The highest BCUT2D eigenvalue weighted by Gasteiger charge is 2.16. The Kier molecular flexibility index (Phi) is 6.06. The van der Waals surface area contributed by atoms with Crippen molar-refractivity contribution in [3.8, 4) is 11.6 Å². The van der Waals surface area contributed by atoms with Crippen LogP contribution in [0.5, 0.6) is 11.6 Å². The molecule has 0 radical (unpaired) electrons. The van der Waals surface area contributed by atoms with E-state index in [1.807, 2.05) is 20.1 Å². The summed E-state index contributed by atoms with van der Waals surface area (Å²) in [6.45, 7) is 3.78. The number of fused-ring (bicyclic) bond motifs is 1. The van der Waals surface area contributed by atoms with E-state index in [1.165, 1.54) is 11.8 Å². The summed E-state index contributed by atoms with van der Waals surface area (Å²) < 4.78 is 7.34. The van der Waals surface area contributed by atoms with Gasteiger partial charge < -0.3 is 10.1 Å². The summed E-state index contributed by atoms with van der Waals surface area (Å²) in [5.41, 5.74) is 2.99. The Morgan fingerprint density at radius 3 is 2.61 bits per heavy atom. The van der Waals surface area contributed by atoms with Crippen molar-refractivity contribution in [1.29, 1.82) is 0 Å². The first kappa shape index (κ1) is 21.1. The molecule has 3 aromatic heterocycles. The largest absolute Gasteiger partial charge is 0.439 e. The van der Waals surface area contributed by atoms with Crippen LogP contribution in [0, 0.1) is 13.8 Å². The second kappa shape index (κ2) is 8.91. The zero-order valence-corrected chi connectivity index (χ0v) is 18.7. The van der Waals surface area contributed by atoms with E-state index in [4.69, 9.17) is 16.3 Å². The standard InChI is InChI=1S/C21H19ClN6O2S/c1-12-17(13(2)28-20(24-12)26-21(27-28)31-3)10-18(29)25-15-6-9-19(23-11-15)30-16-7-4-14(22)5-8-16/h4-9,11H,10H2,1-3H3,(H,25,29). The van der Waals surface area contributed by atoms with Gasteiger partial charge in [0, 0.05) is 28.0 Å². The molecule has 0 fully saturated rings. The van der Waals surface area contributed by atoms with E-state index in [0.717, 1.165) is 17.0 Å². The Morgan fingerprint density at radius 1 is 1.16 bits per heavy atom. The number of nitrogens with zero attached hydrogens (tertiary/aromatic N) is 5. The van der Waals surface area contributed by atoms with Gasteiger partial charge in [-0.3, -0.25) is 4.79 Å². The van der Waals surface area contributed by atoms with Gasteiger partial charge in [-0.2, -0.15) is 4.98 Å². The minimum atomic E-state index is -0.175. The number of rotatable bonds is 6. The number of anilines is 1. The van der Waals surface area contributed by atoms with Crippen LogP contribution in [0.2, 0.25) is 5.02 Å². The Hall–Kier alpha value is -3.17. The van der Waals surface area contributed by atoms with Gasteiger partial charge in [0.15, 0.2) is 0 Å². The van der Waals surface area contributed by atoms with Gasteiger partial charge in [-0.05, 0) is 50.4 Å². The molecule has 10 heteroatoms. The summed E-state index contributed by atoms with van der Waals surface area (Å²) in [5.74, 6) is 1.40. The van der Waals surface area contributed by atoms with Crippen molar-refractivity contribution in [3.63, 3.8) is 0 Å². The van der Waals surface area contributed by atoms with E-state index in [2.05, 4.69) is 25.4 Å². The van der Waals surface area contributed by atoms with Crippen LogP contribution in [0.15, 0.2) is 47.8 Å². The van der Waals surface area contributed by atoms with E-state index in [1.54, 1.807) is 47.1 Å². The molecule has 0 atom stereocenters. The summed E-state index contributed by atoms with van der Waals surface area (Å²) in [6, 6.07) is 10.4. The van der Waals surface area contributed by atoms with Gasteiger partial charge in [0.2, 0.25) is 16.9 Å². The van der Waals surface area contributed by atoms with Crippen LogP contribution in [-0.4, -0.2) is 36.7 Å². The fraction of sp³-hybridized carbons (Fsp3) is 0.190. The lowest BCUT2D eigenvalue weighted by Gasteiger charge is -2.11. The van der Waals surface area contributed by atoms with Gasteiger partial charge in [-0.15, -0.1) is 5.10 Å². The van der Waals surface area contributed by atoms with Gasteiger partial charge >= 0.3 is 0 Å². The fourth-order valence-electron chi connectivity index (χ4n) is 3.04. The SMILES string of the molecule is CSc1nc2nc(C)c(CC(=O)Nc3ccc(Oc4ccc(Cl)cc4)nc3)c(C)n2n1. The molecule has 1 N–H and O–H groups in total. The molecule has 0 aliphatic heterocycles. The van der Waals surface area contributed by atoms with Gasteiger partial charge in [0.05, 0.1) is 18.3 Å². The van der Waals surface area contributed by atoms with E-state index >= 15 is 0 Å². The minimum Gasteiger partial charge on any atom is -0.439 e. The number of hydrogen-bond acceptors (Lipinski definition) is 7. The van der Waals surface area contributed by atoms with Crippen molar-refractivity contribution in [1.82, 2.24) is 24.6 Å². The van der Waals surface area contributed by atoms with Crippen molar-refractivity contribution < 1.29 is 9.53 Å². The second-order valence-electron chi connectivity index (χ2n) is 6.74. The number of carbonyl (C=O) groups excluding carboxylic acids is 1. The zero-order chi connectivity index (χ0) is 22.0. The predicted molar refractivity (Wildman–Crippen MR) is 120 cm³/mol. The van der Waals surface area contributed by atoms with E-state index < -0.39 is 0 Å². The molecule has 158 valence electrons. The number of aromatic nitrogens is 5. The number of thioether (sulfide) groups is 1. The lowest BCUT2D eigenvalue weighted by atomic mass is 10.1. The lowest BCUT2D eigenvalue weighted by molar-refractivity contribution is -0.115. The number of amides is 1. The van der Waals surface area contributed by atoms with E-state index in [9.17, 15) is 4.79 Å². The first-order valence-corrected chi connectivity index (χ1v) is 11.0. The maximum atomic E-state index is 12.6. The number of nitrogens with one attached hydrogen (secondary N) is 1. The number of carbonyl (C=O) groups is 1. The van der Waals surface area contributed by atoms with Crippen molar-refractivity contribution in [2.75, 3.05) is 11.6 Å². The molecule has 0 spiro atoms. The Labute approximate surface area is 188 Å². The average Bonchev–Trinajstić information content (AvgIpc) is 3.17. The van der Waals surface area contributed by atoms with Crippen LogP contribution in [-0.2, 0) is 11.2 Å². The predicted octanol–water partition coefficient (Wildman–Crippen LogP) is 4.48. The Bertz CT molecular complexity index is 1240. The molecule has 4 aromatic rings. The van der Waals surface area contributed by atoms with Gasteiger partial charge in [0.1, 0.15) is 5.75 Å². The highest BCUT2D eigenvalue weighted by Crippen LogP contribution is 2.23. The van der Waals surface area contributed by atoms with E-state index in [-0.39, 0.29) is 12.3 Å². The number of hydrogen-bond donors (Lipinski definition) is 1. The third kappa shape index (κ3) is 4.78. The second-order valence-corrected chi connectivity index (χ2v) is 7.95. The smallest absolute Gasteiger partial charge is 0.253 e. The fourth-order valence-corrected chi connectivity index (χ4v) is 3.50. The number of ether oxygens (including phenoxy) is 1. The van der Waals surface area contributed by atoms with Crippen LogP contribution in [0.4, 0.5) is 5.69 Å². The lowest BCUT2D eigenvalue weighted by Crippen LogP contribution is -2.18. The van der Waals surface area contributed by atoms with Crippen LogP contribution in [0.1, 0.15) is 17.0 Å². The highest BCUT2D eigenvalue weighted by molar-refractivity contribution is 7.98. The molecule has 4 rings (SSSR count). The molecule has 1 amide bonds. The van der Waals surface area contributed by atoms with E-state index in [0.29, 0.717) is 33.3 Å². The summed E-state index contributed by atoms with van der Waals surface area (Å²) in [4.78, 5) is 25.7. The van der Waals surface area contributed by atoms with Crippen molar-refractivity contribution in [2.45, 2.75) is 25.4 Å². The Balaban J connectivity index is 1.44. The van der Waals surface area contributed by atoms with Gasteiger partial charge in [0.25, 0.3) is 5.78 Å². The molecule has 3 heterocycles. The molecule has 0 unspecified atom stereocenters. The quantitative estimate of drug-likeness (QED) is 0.429. The average molecular weight is 455 g/mol. The number of pyridine rings is 1. The maximum absolute atomic E-state index is 12.6. The molecular formula is C21H19ClN6O2S. The molecule has 0 bridgehead atoms. The summed E-state index contributed by atoms with van der Waals surface area (Å²) in [5, 5.41) is 8.55. The molecule has 31 heavy (non-hydrogen) atoms. The van der Waals surface area contributed by atoms with Gasteiger partial charge in [-0.1, -0.05) is 23.4 Å². The summed E-state index contributed by atoms with van der Waals surface area (Å²) in [7, 11) is 0. The normalized spacial score (nSPS) is 11.0. The van der Waals surface area contributed by atoms with Crippen molar-refractivity contribution in [2.24, 2.45) is 0 Å². The molecule has 0 saturated carbocycles. The van der Waals surface area contributed by atoms with Crippen molar-refractivity contribution >= 4 is 40.7 Å². The third-order valence-electron chi connectivity index (χ3n) is 4.61. The van der Waals surface area contributed by atoms with Crippen molar-refractivity contribution in [3.05, 3.63) is 64.6 Å². The van der Waals surface area contributed by atoms with Crippen LogP contribution >= 0.6 is 23.4 Å². The summed E-state index contributed by atoms with van der Waals surface area (Å²) >= 11 is 7.32.